The summed E-state index contributed by atoms with van der Waals surface area (Å²) >= 11 is 0. The van der Waals surface area contributed by atoms with Crippen molar-refractivity contribution in [2.75, 3.05) is 68.6 Å². The number of benzene rings is 13. The Morgan fingerprint density at radius 2 is 0.571 bits per heavy atom. The van der Waals surface area contributed by atoms with Gasteiger partial charge in [-0.25, -0.2) is 0 Å². The molecule has 26 rings (SSSR count). The fourth-order valence-electron chi connectivity index (χ4n) is 18.6. The van der Waals surface area contributed by atoms with Crippen molar-refractivity contribution >= 4 is 41.4 Å². The van der Waals surface area contributed by atoms with Gasteiger partial charge in [0.25, 0.3) is 0 Å². The molecule has 0 aromatic heterocycles. The van der Waals surface area contributed by atoms with E-state index in [1.54, 1.807) is 33.4 Å². The van der Waals surface area contributed by atoms with Crippen molar-refractivity contribution in [3.05, 3.63) is 451 Å². The number of para-hydroxylation sites is 6. The summed E-state index contributed by atoms with van der Waals surface area (Å²) in [7, 11) is 0. The number of ether oxygens (including phenoxy) is 4. The molecule has 0 saturated heterocycles. The van der Waals surface area contributed by atoms with Crippen LogP contribution in [0.2, 0.25) is 0 Å². The number of anilines is 3. The Balaban J connectivity index is 0.000000116. The second-order valence-electron chi connectivity index (χ2n) is 35.7. The quantitative estimate of drug-likeness (QED) is 0.112. The SMILES string of the molecule is C1=Cc2ccccc2CC1.C1=Cc2ccccc2CCC1.C1=Cc2ccccc2NC1.C1=Cc2ccccc2OC1.c1ccc2c(c1)CCC2.c1ccc2c(c1)CCCC2.c1ccc2c(c1)CCCCC2.c1ccc2c(c1)CCCCN2.c1ccc2c(c1)CCCCO2.c1ccc2c(c1)CCCN2.c1ccc2c(c1)CCCO2.c1ccc2c(c1)CCNC2.c1ccc2c(c1)CCOC2. The predicted molar refractivity (Wildman–Crippen MR) is 564 cm³/mol. The summed E-state index contributed by atoms with van der Waals surface area (Å²) < 4.78 is 21.6. The molecule has 0 spiro atoms. The van der Waals surface area contributed by atoms with E-state index >= 15 is 0 Å². The summed E-state index contributed by atoms with van der Waals surface area (Å²) in [5.41, 5.74) is 33.1. The number of allylic oxidation sites excluding steroid dienone is 2. The molecule has 13 aromatic rings. The van der Waals surface area contributed by atoms with Gasteiger partial charge in [0.05, 0.1) is 26.4 Å². The van der Waals surface area contributed by atoms with E-state index in [2.05, 4.69) is 331 Å². The van der Waals surface area contributed by atoms with Crippen molar-refractivity contribution in [1.82, 2.24) is 5.32 Å². The number of fused-ring (bicyclic) bond motifs is 13. The van der Waals surface area contributed by atoms with Crippen LogP contribution in [0.15, 0.2) is 340 Å². The molecule has 0 unspecified atom stereocenters. The van der Waals surface area contributed by atoms with Crippen LogP contribution in [-0.4, -0.2) is 52.6 Å². The van der Waals surface area contributed by atoms with Gasteiger partial charge in [0, 0.05) is 48.8 Å². The number of aryl methyl sites for hydroxylation is 12. The molecular weight excluding hydrogens is 1620 g/mol. The molecule has 8 heteroatoms. The maximum atomic E-state index is 5.55. The van der Waals surface area contributed by atoms with Crippen LogP contribution in [-0.2, 0) is 108 Å². The maximum Gasteiger partial charge on any atom is 0.126 e. The Kier molecular flexibility index (Phi) is 41.0. The van der Waals surface area contributed by atoms with Crippen molar-refractivity contribution < 1.29 is 18.9 Å². The van der Waals surface area contributed by atoms with Crippen molar-refractivity contribution in [3.8, 4) is 17.2 Å². The molecule has 13 aliphatic rings. The minimum atomic E-state index is 0.705. The first-order valence-electron chi connectivity index (χ1n) is 50.1. The van der Waals surface area contributed by atoms with Gasteiger partial charge in [-0.2, -0.15) is 0 Å². The van der Waals surface area contributed by atoms with E-state index in [-0.39, 0.29) is 0 Å². The molecule has 0 fully saturated rings. The van der Waals surface area contributed by atoms with E-state index in [9.17, 15) is 0 Å². The topological polar surface area (TPSA) is 85.0 Å². The summed E-state index contributed by atoms with van der Waals surface area (Å²) in [4.78, 5) is 0. The monoisotopic (exact) mass is 1760 g/mol. The molecule has 8 nitrogen and oxygen atoms in total. The summed E-state index contributed by atoms with van der Waals surface area (Å²) in [6.45, 7) is 9.58. The lowest BCUT2D eigenvalue weighted by atomic mass is 9.92. The van der Waals surface area contributed by atoms with Crippen LogP contribution in [0.1, 0.15) is 208 Å². The average Bonchev–Trinajstić information content (AvgIpc) is 1.86. The van der Waals surface area contributed by atoms with E-state index in [0.29, 0.717) is 6.61 Å². The van der Waals surface area contributed by atoms with Crippen molar-refractivity contribution in [2.45, 2.75) is 199 Å². The van der Waals surface area contributed by atoms with Crippen LogP contribution in [0.3, 0.4) is 0 Å². The highest BCUT2D eigenvalue weighted by atomic mass is 16.5. The van der Waals surface area contributed by atoms with E-state index in [4.69, 9.17) is 18.9 Å². The number of rotatable bonds is 0. The Morgan fingerprint density at radius 1 is 0.195 bits per heavy atom. The first kappa shape index (κ1) is 96.6. The van der Waals surface area contributed by atoms with Crippen LogP contribution in [0.4, 0.5) is 17.1 Å². The number of nitrogens with one attached hydrogen (secondary N) is 4. The molecular formula is C125H142N4O4. The Bertz CT molecular complexity index is 4950. The van der Waals surface area contributed by atoms with E-state index in [0.717, 1.165) is 89.2 Å². The van der Waals surface area contributed by atoms with Crippen LogP contribution in [0, 0.1) is 0 Å². The molecule has 8 heterocycles. The summed E-state index contributed by atoms with van der Waals surface area (Å²) in [6.07, 6.45) is 54.3. The Labute approximate surface area is 796 Å². The normalized spacial score (nSPS) is 15.7. The van der Waals surface area contributed by atoms with Gasteiger partial charge in [-0.05, 0) is 335 Å². The van der Waals surface area contributed by atoms with Gasteiger partial charge in [0.15, 0.2) is 0 Å². The largest absolute Gasteiger partial charge is 0.493 e. The average molecular weight is 1760 g/mol. The third-order valence-corrected chi connectivity index (χ3v) is 26.1. The minimum absolute atomic E-state index is 0.705. The minimum Gasteiger partial charge on any atom is -0.493 e. The van der Waals surface area contributed by atoms with E-state index in [1.165, 1.54) is 268 Å². The second-order valence-corrected chi connectivity index (χ2v) is 35.7. The molecule has 4 N–H and O–H groups in total. The Morgan fingerprint density at radius 3 is 1.13 bits per heavy atom. The van der Waals surface area contributed by atoms with Crippen molar-refractivity contribution in [3.63, 3.8) is 0 Å². The molecule has 8 aliphatic heterocycles. The zero-order valence-corrected chi connectivity index (χ0v) is 78.9. The van der Waals surface area contributed by atoms with Crippen molar-refractivity contribution in [1.29, 1.82) is 0 Å². The fourth-order valence-corrected chi connectivity index (χ4v) is 18.6. The molecule has 13 aromatic carbocycles. The molecule has 133 heavy (non-hydrogen) atoms. The van der Waals surface area contributed by atoms with Crippen LogP contribution in [0.25, 0.3) is 24.3 Å². The highest BCUT2D eigenvalue weighted by Crippen LogP contribution is 2.30. The maximum absolute atomic E-state index is 5.55. The molecule has 0 atom stereocenters. The first-order valence-corrected chi connectivity index (χ1v) is 50.1. The van der Waals surface area contributed by atoms with Gasteiger partial charge in [-0.1, -0.05) is 328 Å². The van der Waals surface area contributed by atoms with Gasteiger partial charge < -0.3 is 40.2 Å². The first-order chi connectivity index (χ1) is 66.1. The third kappa shape index (κ3) is 32.8. The van der Waals surface area contributed by atoms with Crippen LogP contribution >= 0.6 is 0 Å². The summed E-state index contributed by atoms with van der Waals surface area (Å²) in [6, 6.07) is 111. The number of hydrogen-bond donors (Lipinski definition) is 4. The fraction of sp³-hybridized carbons (Fsp3) is 0.312. The predicted octanol–water partition coefficient (Wildman–Crippen LogP) is 29.6. The molecule has 0 radical (unpaired) electrons. The molecule has 0 amide bonds. The molecule has 0 bridgehead atoms. The smallest absolute Gasteiger partial charge is 0.126 e. The summed E-state index contributed by atoms with van der Waals surface area (Å²) in [5, 5.41) is 13.4. The van der Waals surface area contributed by atoms with Gasteiger partial charge in [-0.15, -0.1) is 0 Å². The van der Waals surface area contributed by atoms with Crippen LogP contribution < -0.4 is 35.5 Å². The lowest BCUT2D eigenvalue weighted by Gasteiger charge is -2.16. The Hall–Kier alpha value is -12.5. The lowest BCUT2D eigenvalue weighted by molar-refractivity contribution is 0.111. The molecule has 5 aliphatic carbocycles. The third-order valence-electron chi connectivity index (χ3n) is 26.1. The van der Waals surface area contributed by atoms with Gasteiger partial charge >= 0.3 is 0 Å². The van der Waals surface area contributed by atoms with Gasteiger partial charge in [0.1, 0.15) is 23.9 Å². The summed E-state index contributed by atoms with van der Waals surface area (Å²) in [5.74, 6) is 3.16. The van der Waals surface area contributed by atoms with E-state index < -0.39 is 0 Å². The molecule has 686 valence electrons. The van der Waals surface area contributed by atoms with Gasteiger partial charge in [-0.3, -0.25) is 0 Å². The standard InChI is InChI=1S/C11H14.C11H12.C10H13N.C10H12O.C10H12.C10H10.C9H11N.C9H9N.C9H11N.C9H10O.C9H8O.C9H10O.C9H10/c2*1-2-6-10-8-4-5-9-11(10)7-3-1;2*1-2-7-10-9(5-1)6-3-4-8-11-10;2*1-2-6-10-8-4-3-7-9(10)5-1;2*1-2-6-9-8(4-1)5-3-7-10-9;1-2-4-9-7-10-6-5-8(9)3-1;2*1-2-6-9-8(4-1)5-3-7-10-9;1-2-4-9-7-10-6-5-8(9)3-1;1-2-5-9-7-3-6-8(9)4-1/h4-5,8-9H,1-3,6-7H2;2,4-6,8-9H,1,3,7H2;1-2,5,7,11H,3-4,6,8H2;1-2,5,7H,3-4,6,8H2;1-2,5-6H,3-4,7-8H2;1-3,5-7H,4,8H2;1-2,4,6,10H,3,5,7H2;1-6,10H,7H2;1-4,10H,5-7H2;1-2,4,6H,3,5,7H2;1-6H,7H2;1-4H,5-7H2;1-2,4-5H,3,6-7H2. The van der Waals surface area contributed by atoms with Crippen molar-refractivity contribution in [2.24, 2.45) is 0 Å². The highest BCUT2D eigenvalue weighted by molar-refractivity contribution is 5.70. The van der Waals surface area contributed by atoms with Crippen LogP contribution in [0.5, 0.6) is 17.2 Å². The van der Waals surface area contributed by atoms with Gasteiger partial charge in [0.2, 0.25) is 0 Å². The number of hydrogen-bond acceptors (Lipinski definition) is 8. The highest BCUT2D eigenvalue weighted by Gasteiger charge is 2.15. The van der Waals surface area contributed by atoms with E-state index in [1.807, 2.05) is 54.6 Å². The zero-order chi connectivity index (χ0) is 90.7. The molecule has 0 saturated carbocycles. The lowest BCUT2D eigenvalue weighted by Crippen LogP contribution is -2.23. The second kappa shape index (κ2) is 56.4. The zero-order valence-electron chi connectivity index (χ0n) is 78.9.